The molecule has 1 aliphatic rings. The molecule has 0 spiro atoms. The maximum atomic E-state index is 11.9. The van der Waals surface area contributed by atoms with E-state index >= 15 is 0 Å². The number of nitrogens with one attached hydrogen (secondary N) is 2. The molecule has 0 saturated carbocycles. The van der Waals surface area contributed by atoms with Gasteiger partial charge in [-0.2, -0.15) is 11.8 Å². The van der Waals surface area contributed by atoms with Gasteiger partial charge >= 0.3 is 12.0 Å². The lowest BCUT2D eigenvalue weighted by molar-refractivity contribution is -0.245. The van der Waals surface area contributed by atoms with Gasteiger partial charge in [0, 0.05) is 30.0 Å². The summed E-state index contributed by atoms with van der Waals surface area (Å²) in [6, 6.07) is 14.9. The van der Waals surface area contributed by atoms with Crippen molar-refractivity contribution in [3.05, 3.63) is 70.8 Å². The molecule has 2 amide bonds. The van der Waals surface area contributed by atoms with Crippen LogP contribution in [-0.4, -0.2) is 59.6 Å². The van der Waals surface area contributed by atoms with Gasteiger partial charge < -0.3 is 35.1 Å². The molecule has 1 fully saturated rings. The molecule has 0 aliphatic carbocycles. The minimum atomic E-state index is -0.559. The van der Waals surface area contributed by atoms with Crippen molar-refractivity contribution in [2.75, 3.05) is 31.3 Å². The fraction of sp³-hybridized carbons (Fsp3) is 0.462. The molecule has 10 heteroatoms. The third kappa shape index (κ3) is 8.79. The topological polar surface area (TPSA) is 126 Å². The highest BCUT2D eigenvalue weighted by atomic mass is 32.2. The van der Waals surface area contributed by atoms with Crippen LogP contribution in [0.25, 0.3) is 0 Å². The molecule has 1 aliphatic heterocycles. The minimum Gasteiger partial charge on any atom is -0.465 e. The van der Waals surface area contributed by atoms with Gasteiger partial charge in [-0.3, -0.25) is 4.79 Å². The Morgan fingerprint density at radius 1 is 1.00 bits per heavy atom. The number of aliphatic hydroxyl groups is 2. The first kappa shape index (κ1) is 27.9. The molecule has 3 unspecified atom stereocenters. The summed E-state index contributed by atoms with van der Waals surface area (Å²) in [6.45, 7) is 2.20. The number of amides is 2. The summed E-state index contributed by atoms with van der Waals surface area (Å²) < 4.78 is 17.3. The zero-order valence-electron chi connectivity index (χ0n) is 20.4. The number of hydrogen-bond donors (Lipinski definition) is 4. The van der Waals surface area contributed by atoms with Crippen molar-refractivity contribution in [3.63, 3.8) is 0 Å². The molecule has 2 aromatic rings. The third-order valence-corrected chi connectivity index (χ3v) is 6.64. The van der Waals surface area contributed by atoms with Crippen molar-refractivity contribution in [3.8, 4) is 0 Å². The van der Waals surface area contributed by atoms with E-state index in [0.29, 0.717) is 18.7 Å². The van der Waals surface area contributed by atoms with Gasteiger partial charge in [-0.25, -0.2) is 4.79 Å². The second-order valence-corrected chi connectivity index (χ2v) is 9.38. The SMILES string of the molecule is CCOC(=O)CNC(=O)NCc1ccc(C2OC(CSCCO)CC(c3ccc(CO)cc3)O2)cc1. The molecule has 0 bridgehead atoms. The fourth-order valence-electron chi connectivity index (χ4n) is 3.70. The summed E-state index contributed by atoms with van der Waals surface area (Å²) in [7, 11) is 0. The number of ether oxygens (including phenoxy) is 3. The van der Waals surface area contributed by atoms with Gasteiger partial charge in [0.1, 0.15) is 6.54 Å². The Kier molecular flexibility index (Phi) is 11.5. The molecular weight excluding hydrogens is 484 g/mol. The van der Waals surface area contributed by atoms with Crippen LogP contribution in [-0.2, 0) is 32.2 Å². The van der Waals surface area contributed by atoms with Crippen LogP contribution in [0.4, 0.5) is 4.79 Å². The van der Waals surface area contributed by atoms with Gasteiger partial charge in [-0.15, -0.1) is 0 Å². The van der Waals surface area contributed by atoms with E-state index in [9.17, 15) is 14.7 Å². The maximum Gasteiger partial charge on any atom is 0.325 e. The van der Waals surface area contributed by atoms with Gasteiger partial charge in [0.05, 0.1) is 32.0 Å². The summed E-state index contributed by atoms with van der Waals surface area (Å²) in [5, 5.41) is 23.6. The standard InChI is InChI=1S/C26H34N2O7S/c1-2-33-24(31)15-28-26(32)27-14-18-3-9-21(10-4-18)25-34-22(17-36-12-11-29)13-23(35-25)20-7-5-19(16-30)6-8-20/h3-10,22-23,25,29-30H,2,11-17H2,1H3,(H2,27,28,32). The molecule has 9 nitrogen and oxygen atoms in total. The van der Waals surface area contributed by atoms with Crippen molar-refractivity contribution < 1.29 is 34.0 Å². The maximum absolute atomic E-state index is 11.9. The summed E-state index contributed by atoms with van der Waals surface area (Å²) in [4.78, 5) is 23.2. The number of esters is 1. The van der Waals surface area contributed by atoms with Gasteiger partial charge in [-0.1, -0.05) is 48.5 Å². The highest BCUT2D eigenvalue weighted by Gasteiger charge is 2.32. The van der Waals surface area contributed by atoms with E-state index in [4.69, 9.17) is 19.3 Å². The van der Waals surface area contributed by atoms with Crippen molar-refractivity contribution >= 4 is 23.8 Å². The lowest BCUT2D eigenvalue weighted by atomic mass is 10.0. The summed E-state index contributed by atoms with van der Waals surface area (Å²) in [5.74, 6) is 0.908. The van der Waals surface area contributed by atoms with Crippen LogP contribution >= 0.6 is 11.8 Å². The predicted octanol–water partition coefficient (Wildman–Crippen LogP) is 2.81. The van der Waals surface area contributed by atoms with E-state index in [1.165, 1.54) is 0 Å². The lowest BCUT2D eigenvalue weighted by Gasteiger charge is -2.36. The third-order valence-electron chi connectivity index (χ3n) is 5.56. The zero-order valence-corrected chi connectivity index (χ0v) is 21.2. The number of benzene rings is 2. The second kappa shape index (κ2) is 14.8. The van der Waals surface area contributed by atoms with E-state index < -0.39 is 18.3 Å². The highest BCUT2D eigenvalue weighted by Crippen LogP contribution is 2.38. The summed E-state index contributed by atoms with van der Waals surface area (Å²) in [5.41, 5.74) is 3.61. The molecule has 3 atom stereocenters. The summed E-state index contributed by atoms with van der Waals surface area (Å²) >= 11 is 1.64. The van der Waals surface area contributed by atoms with E-state index in [1.807, 2.05) is 48.5 Å². The summed E-state index contributed by atoms with van der Waals surface area (Å²) in [6.07, 6.45) is -0.0835. The Morgan fingerprint density at radius 2 is 1.69 bits per heavy atom. The fourth-order valence-corrected chi connectivity index (χ4v) is 4.48. The van der Waals surface area contributed by atoms with Crippen molar-refractivity contribution in [2.45, 2.75) is 45.0 Å². The molecule has 4 N–H and O–H groups in total. The number of hydrogen-bond acceptors (Lipinski definition) is 8. The molecule has 196 valence electrons. The van der Waals surface area contributed by atoms with Gasteiger partial charge in [0.15, 0.2) is 6.29 Å². The molecular formula is C26H34N2O7S. The van der Waals surface area contributed by atoms with Crippen LogP contribution < -0.4 is 10.6 Å². The Bertz CT molecular complexity index is 956. The molecule has 3 rings (SSSR count). The average Bonchev–Trinajstić information content (AvgIpc) is 2.91. The Morgan fingerprint density at radius 3 is 2.36 bits per heavy atom. The first-order valence-corrected chi connectivity index (χ1v) is 13.1. The smallest absolute Gasteiger partial charge is 0.325 e. The van der Waals surface area contributed by atoms with Gasteiger partial charge in [-0.05, 0) is 23.6 Å². The normalized spacial score (nSPS) is 19.5. The first-order valence-electron chi connectivity index (χ1n) is 12.0. The van der Waals surface area contributed by atoms with Gasteiger partial charge in [0.25, 0.3) is 0 Å². The number of carbonyl (C=O) groups excluding carboxylic acids is 2. The van der Waals surface area contributed by atoms with Crippen LogP contribution in [0.15, 0.2) is 48.5 Å². The number of rotatable bonds is 12. The van der Waals surface area contributed by atoms with Crippen LogP contribution in [0.3, 0.4) is 0 Å². The number of thioether (sulfide) groups is 1. The van der Waals surface area contributed by atoms with Crippen LogP contribution in [0.5, 0.6) is 0 Å². The van der Waals surface area contributed by atoms with Crippen molar-refractivity contribution in [2.24, 2.45) is 0 Å². The Balaban J connectivity index is 1.60. The molecule has 2 aromatic carbocycles. The van der Waals surface area contributed by atoms with E-state index in [-0.39, 0.29) is 38.6 Å². The Hall–Kier alpha value is -2.63. The second-order valence-electron chi connectivity index (χ2n) is 8.23. The average molecular weight is 519 g/mol. The molecule has 36 heavy (non-hydrogen) atoms. The van der Waals surface area contributed by atoms with Crippen molar-refractivity contribution in [1.82, 2.24) is 10.6 Å². The van der Waals surface area contributed by atoms with Crippen LogP contribution in [0.2, 0.25) is 0 Å². The predicted molar refractivity (Wildman–Crippen MR) is 136 cm³/mol. The number of carbonyl (C=O) groups is 2. The largest absolute Gasteiger partial charge is 0.465 e. The molecule has 1 saturated heterocycles. The van der Waals surface area contributed by atoms with Crippen LogP contribution in [0, 0.1) is 0 Å². The van der Waals surface area contributed by atoms with E-state index in [2.05, 4.69) is 10.6 Å². The lowest BCUT2D eigenvalue weighted by Crippen LogP contribution is -2.38. The van der Waals surface area contributed by atoms with E-state index in [0.717, 1.165) is 28.0 Å². The first-order chi connectivity index (χ1) is 17.5. The van der Waals surface area contributed by atoms with Crippen molar-refractivity contribution in [1.29, 1.82) is 0 Å². The molecule has 0 aromatic heterocycles. The zero-order chi connectivity index (χ0) is 25.8. The molecule has 1 heterocycles. The quantitative estimate of drug-likeness (QED) is 0.250. The number of aliphatic hydroxyl groups excluding tert-OH is 2. The minimum absolute atomic E-state index is 0.00771. The monoisotopic (exact) mass is 518 g/mol. The number of urea groups is 1. The molecule has 0 radical (unpaired) electrons. The van der Waals surface area contributed by atoms with E-state index in [1.54, 1.807) is 18.7 Å². The highest BCUT2D eigenvalue weighted by molar-refractivity contribution is 7.99. The van der Waals surface area contributed by atoms with Gasteiger partial charge in [0.2, 0.25) is 0 Å². The van der Waals surface area contributed by atoms with Crippen LogP contribution in [0.1, 0.15) is 48.0 Å². The Labute approximate surface area is 215 Å².